The fourth-order valence-corrected chi connectivity index (χ4v) is 2.53. The molecular formula is C19H16FN3O3. The van der Waals surface area contributed by atoms with Crippen LogP contribution in [0.4, 0.5) is 4.39 Å². The highest BCUT2D eigenvalue weighted by atomic mass is 19.1. The number of aromatic nitrogens is 2. The average Bonchev–Trinajstić information content (AvgIpc) is 2.64. The van der Waals surface area contributed by atoms with Crippen LogP contribution >= 0.6 is 0 Å². The lowest BCUT2D eigenvalue weighted by Crippen LogP contribution is -2.30. The molecule has 7 heteroatoms. The van der Waals surface area contributed by atoms with Crippen LogP contribution in [0.5, 0.6) is 5.75 Å². The molecule has 3 aromatic rings. The highest BCUT2D eigenvalue weighted by Crippen LogP contribution is 2.13. The molecule has 132 valence electrons. The highest BCUT2D eigenvalue weighted by molar-refractivity contribution is 5.77. The van der Waals surface area contributed by atoms with E-state index in [0.717, 1.165) is 5.56 Å². The third-order valence-electron chi connectivity index (χ3n) is 3.84. The van der Waals surface area contributed by atoms with Crippen LogP contribution in [0, 0.1) is 17.1 Å². The van der Waals surface area contributed by atoms with Crippen molar-refractivity contribution in [3.8, 4) is 11.8 Å². The minimum Gasteiger partial charge on any atom is -0.491 e. The van der Waals surface area contributed by atoms with Gasteiger partial charge in [0.2, 0.25) is 0 Å². The molecule has 0 saturated heterocycles. The largest absolute Gasteiger partial charge is 0.491 e. The molecule has 0 aliphatic carbocycles. The summed E-state index contributed by atoms with van der Waals surface area (Å²) < 4.78 is 20.0. The fraction of sp³-hybridized carbons (Fsp3) is 0.211. The number of nitrogens with zero attached hydrogens (tertiary/aromatic N) is 3. The molecule has 1 N–H and O–H groups in total. The van der Waals surface area contributed by atoms with Crippen molar-refractivity contribution in [3.63, 3.8) is 0 Å². The van der Waals surface area contributed by atoms with Gasteiger partial charge in [0.05, 0.1) is 36.3 Å². The number of fused-ring (bicyclic) bond motifs is 1. The van der Waals surface area contributed by atoms with Crippen molar-refractivity contribution in [2.24, 2.45) is 0 Å². The first-order chi connectivity index (χ1) is 12.6. The Bertz CT molecular complexity index is 1010. The number of hydrogen-bond acceptors (Lipinski definition) is 5. The lowest BCUT2D eigenvalue weighted by Gasteiger charge is -2.14. The number of benzene rings is 2. The molecule has 26 heavy (non-hydrogen) atoms. The maximum Gasteiger partial charge on any atom is 0.261 e. The fourth-order valence-electron chi connectivity index (χ4n) is 2.53. The van der Waals surface area contributed by atoms with Gasteiger partial charge in [0, 0.05) is 6.07 Å². The van der Waals surface area contributed by atoms with E-state index in [1.807, 2.05) is 0 Å². The van der Waals surface area contributed by atoms with E-state index in [2.05, 4.69) is 11.1 Å². The van der Waals surface area contributed by atoms with Crippen LogP contribution in [0.25, 0.3) is 10.9 Å². The third-order valence-corrected chi connectivity index (χ3v) is 3.84. The van der Waals surface area contributed by atoms with Crippen LogP contribution in [0.1, 0.15) is 5.56 Å². The summed E-state index contributed by atoms with van der Waals surface area (Å²) in [6.07, 6.45) is 0.681. The van der Waals surface area contributed by atoms with Crippen LogP contribution in [0.2, 0.25) is 0 Å². The molecule has 0 fully saturated rings. The van der Waals surface area contributed by atoms with Gasteiger partial charge in [0.25, 0.3) is 5.56 Å². The zero-order valence-electron chi connectivity index (χ0n) is 13.8. The van der Waals surface area contributed by atoms with Gasteiger partial charge < -0.3 is 9.84 Å². The van der Waals surface area contributed by atoms with Crippen LogP contribution < -0.4 is 10.3 Å². The Hall–Kier alpha value is -3.24. The van der Waals surface area contributed by atoms with Gasteiger partial charge >= 0.3 is 0 Å². The van der Waals surface area contributed by atoms with E-state index in [1.54, 1.807) is 24.3 Å². The number of rotatable bonds is 6. The maximum atomic E-state index is 13.2. The van der Waals surface area contributed by atoms with Gasteiger partial charge in [0.15, 0.2) is 0 Å². The smallest absolute Gasteiger partial charge is 0.261 e. The standard InChI is InChI=1S/C19H16FN3O3/c20-14-3-6-17-18(9-14)22-12-23(19(17)25)10-15(24)11-26-16-4-1-13(2-5-16)7-8-21/h1-6,9,12,15,24H,7,10-11H2/t15-/m0/s1. The summed E-state index contributed by atoms with van der Waals surface area (Å²) in [5.41, 5.74) is 0.801. The zero-order chi connectivity index (χ0) is 18.5. The predicted molar refractivity (Wildman–Crippen MR) is 93.2 cm³/mol. The second-order valence-corrected chi connectivity index (χ2v) is 5.81. The molecule has 0 aliphatic heterocycles. The quantitative estimate of drug-likeness (QED) is 0.733. The van der Waals surface area contributed by atoms with Crippen molar-refractivity contribution in [2.75, 3.05) is 6.61 Å². The second kappa shape index (κ2) is 7.76. The minimum atomic E-state index is -0.925. The van der Waals surface area contributed by atoms with Crippen molar-refractivity contribution in [2.45, 2.75) is 19.1 Å². The molecule has 1 atom stereocenters. The van der Waals surface area contributed by atoms with Gasteiger partial charge in [-0.05, 0) is 29.8 Å². The Kier molecular flexibility index (Phi) is 5.25. The monoisotopic (exact) mass is 353 g/mol. The molecule has 0 aliphatic rings. The number of nitriles is 1. The van der Waals surface area contributed by atoms with Crippen molar-refractivity contribution >= 4 is 10.9 Å². The zero-order valence-corrected chi connectivity index (χ0v) is 13.8. The van der Waals surface area contributed by atoms with Crippen LogP contribution in [0.3, 0.4) is 0 Å². The van der Waals surface area contributed by atoms with E-state index in [9.17, 15) is 14.3 Å². The normalized spacial score (nSPS) is 11.9. The Morgan fingerprint density at radius 2 is 2.04 bits per heavy atom. The van der Waals surface area contributed by atoms with E-state index in [4.69, 9.17) is 10.00 Å². The second-order valence-electron chi connectivity index (χ2n) is 5.81. The van der Waals surface area contributed by atoms with Gasteiger partial charge in [-0.2, -0.15) is 5.26 Å². The van der Waals surface area contributed by atoms with Gasteiger partial charge in [-0.25, -0.2) is 9.37 Å². The average molecular weight is 353 g/mol. The maximum absolute atomic E-state index is 13.2. The van der Waals surface area contributed by atoms with Gasteiger partial charge in [-0.15, -0.1) is 0 Å². The number of hydrogen-bond donors (Lipinski definition) is 1. The van der Waals surface area contributed by atoms with Gasteiger partial charge in [-0.1, -0.05) is 12.1 Å². The van der Waals surface area contributed by atoms with Gasteiger partial charge in [0.1, 0.15) is 24.3 Å². The summed E-state index contributed by atoms with van der Waals surface area (Å²) in [6.45, 7) is -0.00282. The Labute approximate surface area is 148 Å². The van der Waals surface area contributed by atoms with Crippen LogP contribution in [0.15, 0.2) is 53.6 Å². The Morgan fingerprint density at radius 3 is 2.77 bits per heavy atom. The van der Waals surface area contributed by atoms with E-state index in [1.165, 1.54) is 29.1 Å². The summed E-state index contributed by atoms with van der Waals surface area (Å²) in [6, 6.07) is 12.8. The number of halogens is 1. The number of aliphatic hydroxyl groups excluding tert-OH is 1. The Balaban J connectivity index is 1.64. The van der Waals surface area contributed by atoms with E-state index < -0.39 is 11.9 Å². The molecule has 0 unspecified atom stereocenters. The minimum absolute atomic E-state index is 0.00562. The molecule has 2 aromatic carbocycles. The first-order valence-corrected chi connectivity index (χ1v) is 7.98. The van der Waals surface area contributed by atoms with Crippen molar-refractivity contribution < 1.29 is 14.2 Å². The SMILES string of the molecule is N#CCc1ccc(OC[C@@H](O)Cn2cnc3cc(F)ccc3c2=O)cc1. The molecular weight excluding hydrogens is 337 g/mol. The molecule has 0 radical (unpaired) electrons. The first kappa shape index (κ1) is 17.6. The molecule has 3 rings (SSSR count). The molecule has 1 heterocycles. The first-order valence-electron chi connectivity index (χ1n) is 7.98. The van der Waals surface area contributed by atoms with Crippen molar-refractivity contribution in [1.29, 1.82) is 5.26 Å². The van der Waals surface area contributed by atoms with Gasteiger partial charge in [-0.3, -0.25) is 9.36 Å². The van der Waals surface area contributed by atoms with E-state index in [-0.39, 0.29) is 29.6 Å². The summed E-state index contributed by atoms with van der Waals surface area (Å²) in [4.78, 5) is 16.4. The molecule has 0 saturated carbocycles. The van der Waals surface area contributed by atoms with Crippen molar-refractivity contribution in [1.82, 2.24) is 9.55 Å². The summed E-state index contributed by atoms with van der Waals surface area (Å²) >= 11 is 0. The van der Waals surface area contributed by atoms with E-state index in [0.29, 0.717) is 12.2 Å². The lowest BCUT2D eigenvalue weighted by atomic mass is 10.2. The molecule has 1 aromatic heterocycles. The van der Waals surface area contributed by atoms with E-state index >= 15 is 0 Å². The summed E-state index contributed by atoms with van der Waals surface area (Å²) in [5.74, 6) is 0.0987. The molecule has 0 spiro atoms. The van der Waals surface area contributed by atoms with Crippen molar-refractivity contribution in [3.05, 3.63) is 70.5 Å². The third kappa shape index (κ3) is 4.05. The lowest BCUT2D eigenvalue weighted by molar-refractivity contribution is 0.0915. The van der Waals surface area contributed by atoms with Crippen LogP contribution in [-0.2, 0) is 13.0 Å². The number of ether oxygens (including phenoxy) is 1. The Morgan fingerprint density at radius 1 is 1.27 bits per heavy atom. The summed E-state index contributed by atoms with van der Waals surface area (Å²) in [5, 5.41) is 19.1. The molecule has 6 nitrogen and oxygen atoms in total. The summed E-state index contributed by atoms with van der Waals surface area (Å²) in [7, 11) is 0. The topological polar surface area (TPSA) is 88.1 Å². The molecule has 0 amide bonds. The van der Waals surface area contributed by atoms with Crippen LogP contribution in [-0.4, -0.2) is 27.4 Å². The highest BCUT2D eigenvalue weighted by Gasteiger charge is 2.11. The predicted octanol–water partition coefficient (Wildman–Crippen LogP) is 2.04. The molecule has 0 bridgehead atoms. The number of aliphatic hydroxyl groups is 1.